The molecular weight excluding hydrogens is 528 g/mol. The lowest BCUT2D eigenvalue weighted by Crippen LogP contribution is -2.35. The van der Waals surface area contributed by atoms with E-state index in [2.05, 4.69) is 56.3 Å². The van der Waals surface area contributed by atoms with Gasteiger partial charge in [-0.3, -0.25) is 18.8 Å². The van der Waals surface area contributed by atoms with Gasteiger partial charge in [-0.05, 0) is 41.8 Å². The number of rotatable bonds is 8. The minimum absolute atomic E-state index is 0.0126. The highest BCUT2D eigenvalue weighted by atomic mass is 32.3. The van der Waals surface area contributed by atoms with Crippen molar-refractivity contribution in [2.45, 2.75) is 31.3 Å². The van der Waals surface area contributed by atoms with E-state index in [1.807, 2.05) is 24.3 Å². The Balaban J connectivity index is 1.25. The zero-order chi connectivity index (χ0) is 28.0. The number of hydrogen-bond donors (Lipinski definition) is 5. The first-order chi connectivity index (χ1) is 19.3. The Bertz CT molecular complexity index is 1390. The van der Waals surface area contributed by atoms with Crippen LogP contribution in [0.25, 0.3) is 0 Å². The zero-order valence-electron chi connectivity index (χ0n) is 22.4. The van der Waals surface area contributed by atoms with Gasteiger partial charge in [-0.25, -0.2) is 4.98 Å². The van der Waals surface area contributed by atoms with E-state index >= 15 is 0 Å². The minimum atomic E-state index is -2.51. The predicted octanol–water partition coefficient (Wildman–Crippen LogP) is 3.15. The van der Waals surface area contributed by atoms with Crippen LogP contribution in [0, 0.1) is 11.8 Å². The first-order valence-electron chi connectivity index (χ1n) is 13.6. The molecule has 2 atom stereocenters. The number of nitrogens with zero attached hydrogens (tertiary/aromatic N) is 2. The maximum atomic E-state index is 11.9. The van der Waals surface area contributed by atoms with Gasteiger partial charge in [0.1, 0.15) is 0 Å². The molecule has 0 bridgehead atoms. The van der Waals surface area contributed by atoms with Crippen molar-refractivity contribution in [2.75, 3.05) is 44.4 Å². The summed E-state index contributed by atoms with van der Waals surface area (Å²) in [5.74, 6) is 6.77. The summed E-state index contributed by atoms with van der Waals surface area (Å²) in [6.45, 7) is 4.96. The second kappa shape index (κ2) is 13.0. The number of ether oxygens (including phenoxy) is 1. The summed E-state index contributed by atoms with van der Waals surface area (Å²) in [6.07, 6.45) is 2.35. The largest absolute Gasteiger partial charge is 0.502 e. The molecule has 5 N–H and O–H groups in total. The third-order valence-electron chi connectivity index (χ3n) is 7.46. The molecule has 40 heavy (non-hydrogen) atoms. The molecule has 3 heterocycles. The summed E-state index contributed by atoms with van der Waals surface area (Å²) in [7, 11) is -2.51. The van der Waals surface area contributed by atoms with E-state index in [1.54, 1.807) is 0 Å². The smallest absolute Gasteiger partial charge is 0.293 e. The molecular formula is C30H36N4O5S. The lowest BCUT2D eigenvalue weighted by atomic mass is 9.92. The fourth-order valence-electron chi connectivity index (χ4n) is 5.10. The first-order valence-corrected chi connectivity index (χ1v) is 15.5. The second-order valence-electron chi connectivity index (χ2n) is 10.5. The summed E-state index contributed by atoms with van der Waals surface area (Å²) in [4.78, 5) is 20.9. The van der Waals surface area contributed by atoms with Crippen LogP contribution in [0.15, 0.2) is 59.7 Å². The molecule has 0 saturated carbocycles. The average molecular weight is 565 g/mol. The molecule has 2 fully saturated rings. The van der Waals surface area contributed by atoms with E-state index < -0.39 is 16.1 Å². The summed E-state index contributed by atoms with van der Waals surface area (Å²) in [6, 6.07) is 16.3. The molecule has 0 amide bonds. The van der Waals surface area contributed by atoms with Crippen LogP contribution in [0.4, 0.5) is 0 Å². The predicted molar refractivity (Wildman–Crippen MR) is 157 cm³/mol. The van der Waals surface area contributed by atoms with Gasteiger partial charge >= 0.3 is 0 Å². The molecule has 2 saturated heterocycles. The third kappa shape index (κ3) is 7.73. The van der Waals surface area contributed by atoms with Crippen molar-refractivity contribution >= 4 is 10.6 Å². The molecule has 1 aromatic heterocycles. The lowest BCUT2D eigenvalue weighted by Gasteiger charge is -2.26. The quantitative estimate of drug-likeness (QED) is 0.264. The van der Waals surface area contributed by atoms with Gasteiger partial charge in [0.25, 0.3) is 5.56 Å². The Hall–Kier alpha value is -3.17. The Kier molecular flexibility index (Phi) is 9.22. The third-order valence-corrected chi connectivity index (χ3v) is 9.28. The molecule has 3 aromatic rings. The van der Waals surface area contributed by atoms with Gasteiger partial charge in [-0.1, -0.05) is 36.1 Å². The summed E-state index contributed by atoms with van der Waals surface area (Å²) in [5.41, 5.74) is 3.87. The molecule has 212 valence electrons. The van der Waals surface area contributed by atoms with Crippen LogP contribution in [-0.2, 0) is 17.7 Å². The van der Waals surface area contributed by atoms with Crippen molar-refractivity contribution in [1.29, 1.82) is 0 Å². The molecule has 0 aliphatic carbocycles. The van der Waals surface area contributed by atoms with E-state index in [-0.39, 0.29) is 17.7 Å². The van der Waals surface area contributed by atoms with E-state index in [0.717, 1.165) is 49.5 Å². The highest BCUT2D eigenvalue weighted by Gasteiger charge is 2.29. The molecule has 0 spiro atoms. The van der Waals surface area contributed by atoms with Crippen LogP contribution in [0.1, 0.15) is 40.3 Å². The Labute approximate surface area is 236 Å². The van der Waals surface area contributed by atoms with E-state index in [9.17, 15) is 19.0 Å². The topological polar surface area (TPSA) is 131 Å². The fourth-order valence-corrected chi connectivity index (χ4v) is 6.86. The minimum Gasteiger partial charge on any atom is -0.502 e. The number of aromatic hydroxyl groups is 1. The van der Waals surface area contributed by atoms with E-state index in [0.29, 0.717) is 36.6 Å². The molecule has 2 aliphatic rings. The monoisotopic (exact) mass is 564 g/mol. The van der Waals surface area contributed by atoms with Crippen LogP contribution in [0.2, 0.25) is 0 Å². The maximum Gasteiger partial charge on any atom is 0.293 e. The highest BCUT2D eigenvalue weighted by Crippen LogP contribution is 2.45. The number of hydrogen-bond acceptors (Lipinski definition) is 8. The number of H-pyrrole nitrogens is 1. The molecule has 5 rings (SSSR count). The van der Waals surface area contributed by atoms with Crippen molar-refractivity contribution in [1.82, 2.24) is 20.2 Å². The van der Waals surface area contributed by atoms with Gasteiger partial charge in [0.05, 0.1) is 31.0 Å². The number of aromatic nitrogens is 2. The van der Waals surface area contributed by atoms with Crippen molar-refractivity contribution in [2.24, 2.45) is 0 Å². The lowest BCUT2D eigenvalue weighted by molar-refractivity contribution is 0.0342. The first kappa shape index (κ1) is 28.4. The molecule has 2 aromatic carbocycles. The number of nitrogens with one attached hydrogen (secondary N) is 2. The highest BCUT2D eigenvalue weighted by molar-refractivity contribution is 8.24. The van der Waals surface area contributed by atoms with Gasteiger partial charge in [0.15, 0.2) is 0 Å². The van der Waals surface area contributed by atoms with Crippen molar-refractivity contribution in [3.8, 4) is 17.6 Å². The summed E-state index contributed by atoms with van der Waals surface area (Å²) < 4.78 is 25.4. The van der Waals surface area contributed by atoms with Gasteiger partial charge in [-0.15, -0.1) is 0 Å². The zero-order valence-corrected chi connectivity index (χ0v) is 23.2. The average Bonchev–Trinajstić information content (AvgIpc) is 3.32. The van der Waals surface area contributed by atoms with Gasteiger partial charge in [0, 0.05) is 61.4 Å². The second-order valence-corrected chi connectivity index (χ2v) is 12.8. The van der Waals surface area contributed by atoms with Crippen molar-refractivity contribution in [3.05, 3.63) is 93.2 Å². The fraction of sp³-hybridized carbons (Fsp3) is 0.400. The SMILES string of the molecule is O=c1[nH]cnc(C[C@@H](CN[C@H]2CCS(O)(O)C2)c2ccc(C#Cc3ccc(CN4CCOCC4)cc3)cc2)c1O. The van der Waals surface area contributed by atoms with Crippen LogP contribution in [0.3, 0.4) is 0 Å². The standard InChI is InChI=1S/C30H36N4O5S/c35-29-28(32-21-33-30(29)36)17-26(18-31-27-11-16-40(37,38)20-27)25-9-7-23(8-10-25)2-1-22-3-5-24(6-4-22)19-34-12-14-39-15-13-34/h3-10,21,26-27,31,35,37-38H,11-20H2,(H,32,33,36)/t26-,27-/m0/s1. The molecule has 2 aliphatic heterocycles. The van der Waals surface area contributed by atoms with E-state index in [4.69, 9.17) is 4.74 Å². The molecule has 0 unspecified atom stereocenters. The van der Waals surface area contributed by atoms with Crippen LogP contribution < -0.4 is 10.9 Å². The maximum absolute atomic E-state index is 11.9. The molecule has 9 nitrogen and oxygen atoms in total. The Morgan fingerprint density at radius 1 is 1.07 bits per heavy atom. The van der Waals surface area contributed by atoms with Crippen LogP contribution in [-0.4, -0.2) is 79.5 Å². The Morgan fingerprint density at radius 2 is 1.75 bits per heavy atom. The van der Waals surface area contributed by atoms with Crippen LogP contribution >= 0.6 is 10.6 Å². The summed E-state index contributed by atoms with van der Waals surface area (Å²) >= 11 is 0. The normalized spacial score (nSPS) is 20.4. The number of aromatic amines is 1. The van der Waals surface area contributed by atoms with E-state index in [1.165, 1.54) is 11.9 Å². The number of benzene rings is 2. The van der Waals surface area contributed by atoms with Gasteiger partial charge in [0.2, 0.25) is 5.75 Å². The Morgan fingerprint density at radius 3 is 2.40 bits per heavy atom. The summed E-state index contributed by atoms with van der Waals surface area (Å²) in [5, 5.41) is 13.7. The molecule has 10 heteroatoms. The van der Waals surface area contributed by atoms with Gasteiger partial charge < -0.3 is 20.1 Å². The van der Waals surface area contributed by atoms with Gasteiger partial charge in [-0.2, -0.15) is 10.6 Å². The van der Waals surface area contributed by atoms with Crippen LogP contribution in [0.5, 0.6) is 5.75 Å². The van der Waals surface area contributed by atoms with Crippen molar-refractivity contribution < 1.29 is 18.9 Å². The van der Waals surface area contributed by atoms with Crippen molar-refractivity contribution in [3.63, 3.8) is 0 Å². The molecule has 0 radical (unpaired) electrons. The number of morpholine rings is 1.